The molecule has 1 heterocycles. The lowest BCUT2D eigenvalue weighted by Gasteiger charge is -2.10. The summed E-state index contributed by atoms with van der Waals surface area (Å²) in [5.41, 5.74) is 1.57. The van der Waals surface area contributed by atoms with E-state index in [4.69, 9.17) is 21.1 Å². The highest BCUT2D eigenvalue weighted by molar-refractivity contribution is 8.18. The minimum absolute atomic E-state index is 0.182. The highest BCUT2D eigenvalue weighted by atomic mass is 35.5. The topological polar surface area (TPSA) is 59.9 Å². The van der Waals surface area contributed by atoms with Crippen LogP contribution in [-0.4, -0.2) is 24.8 Å². The fourth-order valence-corrected chi connectivity index (χ4v) is 3.34. The van der Waals surface area contributed by atoms with Crippen LogP contribution in [0.1, 0.15) is 18.9 Å². The van der Waals surface area contributed by atoms with Crippen molar-refractivity contribution in [3.8, 4) is 11.5 Å². The summed E-state index contributed by atoms with van der Waals surface area (Å²) >= 11 is 7.17. The third-order valence-electron chi connectivity index (χ3n) is 3.66. The molecule has 1 saturated heterocycles. The molecule has 5 nitrogen and oxygen atoms in total. The second-order valence-electron chi connectivity index (χ2n) is 5.72. The lowest BCUT2D eigenvalue weighted by atomic mass is 10.2. The molecule has 0 atom stereocenters. The minimum atomic E-state index is -0.182. The SMILES string of the molecule is CCCOc1ccc(C=C2SC(=Nc3ccc(Cl)cc3)NC2=O)cc1OC. The normalized spacial score (nSPS) is 16.6. The lowest BCUT2D eigenvalue weighted by molar-refractivity contribution is -0.115. The summed E-state index contributed by atoms with van der Waals surface area (Å²) in [4.78, 5) is 17.2. The number of methoxy groups -OCH3 is 1. The van der Waals surface area contributed by atoms with Crippen LogP contribution < -0.4 is 14.8 Å². The van der Waals surface area contributed by atoms with Gasteiger partial charge in [-0.3, -0.25) is 4.79 Å². The van der Waals surface area contributed by atoms with Crippen molar-refractivity contribution in [2.75, 3.05) is 13.7 Å². The van der Waals surface area contributed by atoms with E-state index in [-0.39, 0.29) is 5.91 Å². The summed E-state index contributed by atoms with van der Waals surface area (Å²) in [7, 11) is 1.60. The Labute approximate surface area is 167 Å². The lowest BCUT2D eigenvalue weighted by Crippen LogP contribution is -2.19. The number of ether oxygens (including phenoxy) is 2. The second kappa shape index (κ2) is 8.97. The Kier molecular flexibility index (Phi) is 6.42. The number of nitrogens with zero attached hydrogens (tertiary/aromatic N) is 1. The average Bonchev–Trinajstić information content (AvgIpc) is 3.01. The van der Waals surface area contributed by atoms with Crippen molar-refractivity contribution >= 4 is 46.2 Å². The summed E-state index contributed by atoms with van der Waals surface area (Å²) in [6.07, 6.45) is 2.72. The van der Waals surface area contributed by atoms with Gasteiger partial charge in [-0.25, -0.2) is 4.99 Å². The zero-order chi connectivity index (χ0) is 19.2. The number of carbonyl (C=O) groups is 1. The van der Waals surface area contributed by atoms with Gasteiger partial charge in [-0.2, -0.15) is 0 Å². The number of halogens is 1. The minimum Gasteiger partial charge on any atom is -0.493 e. The molecule has 1 N–H and O–H groups in total. The first-order chi connectivity index (χ1) is 13.1. The standard InChI is InChI=1S/C20H19ClN2O3S/c1-3-10-26-16-9-4-13(11-17(16)25-2)12-18-19(24)23-20(27-18)22-15-7-5-14(21)6-8-15/h4-9,11-12H,3,10H2,1-2H3,(H,22,23,24). The molecule has 0 radical (unpaired) electrons. The number of aliphatic imine (C=N–C) groups is 1. The quantitative estimate of drug-likeness (QED) is 0.688. The molecule has 0 bridgehead atoms. The highest BCUT2D eigenvalue weighted by Gasteiger charge is 2.24. The second-order valence-corrected chi connectivity index (χ2v) is 7.18. The maximum absolute atomic E-state index is 12.2. The van der Waals surface area contributed by atoms with Gasteiger partial charge in [0.2, 0.25) is 0 Å². The molecule has 2 aromatic carbocycles. The van der Waals surface area contributed by atoms with Gasteiger partial charge in [0.25, 0.3) is 5.91 Å². The van der Waals surface area contributed by atoms with Crippen LogP contribution in [0.15, 0.2) is 52.4 Å². The zero-order valence-corrected chi connectivity index (χ0v) is 16.6. The molecule has 0 spiro atoms. The van der Waals surface area contributed by atoms with E-state index < -0.39 is 0 Å². The van der Waals surface area contributed by atoms with E-state index in [9.17, 15) is 4.79 Å². The predicted molar refractivity (Wildman–Crippen MR) is 111 cm³/mol. The first-order valence-electron chi connectivity index (χ1n) is 8.45. The number of hydrogen-bond acceptors (Lipinski definition) is 5. The molecule has 2 aromatic rings. The van der Waals surface area contributed by atoms with E-state index in [0.717, 1.165) is 17.7 Å². The van der Waals surface area contributed by atoms with E-state index in [1.54, 1.807) is 37.5 Å². The van der Waals surface area contributed by atoms with Gasteiger partial charge in [0, 0.05) is 5.02 Å². The van der Waals surface area contributed by atoms with Crippen molar-refractivity contribution in [2.45, 2.75) is 13.3 Å². The fourth-order valence-electron chi connectivity index (χ4n) is 2.37. The van der Waals surface area contributed by atoms with E-state index in [1.165, 1.54) is 11.8 Å². The van der Waals surface area contributed by atoms with E-state index in [1.807, 2.05) is 25.1 Å². The Morgan fingerprint density at radius 2 is 1.96 bits per heavy atom. The molecule has 0 aliphatic carbocycles. The highest BCUT2D eigenvalue weighted by Crippen LogP contribution is 2.32. The molecule has 1 amide bonds. The molecule has 7 heteroatoms. The number of nitrogens with one attached hydrogen (secondary N) is 1. The molecule has 1 aliphatic heterocycles. The molecule has 0 unspecified atom stereocenters. The van der Waals surface area contributed by atoms with Gasteiger partial charge in [-0.15, -0.1) is 0 Å². The van der Waals surface area contributed by atoms with Crippen molar-refractivity contribution in [3.63, 3.8) is 0 Å². The summed E-state index contributed by atoms with van der Waals surface area (Å²) in [6, 6.07) is 12.7. The van der Waals surface area contributed by atoms with Crippen LogP contribution in [0.5, 0.6) is 11.5 Å². The Morgan fingerprint density at radius 1 is 1.19 bits per heavy atom. The Balaban J connectivity index is 1.78. The number of carbonyl (C=O) groups excluding carboxylic acids is 1. The third-order valence-corrected chi connectivity index (χ3v) is 4.82. The average molecular weight is 403 g/mol. The maximum Gasteiger partial charge on any atom is 0.264 e. The van der Waals surface area contributed by atoms with Crippen LogP contribution in [0.3, 0.4) is 0 Å². The molecule has 3 rings (SSSR count). The van der Waals surface area contributed by atoms with Gasteiger partial charge >= 0.3 is 0 Å². The van der Waals surface area contributed by atoms with Crippen molar-refractivity contribution in [1.29, 1.82) is 0 Å². The monoisotopic (exact) mass is 402 g/mol. The maximum atomic E-state index is 12.2. The fraction of sp³-hybridized carbons (Fsp3) is 0.200. The molecule has 1 fully saturated rings. The molecule has 0 saturated carbocycles. The van der Waals surface area contributed by atoms with Crippen LogP contribution in [0, 0.1) is 0 Å². The molecule has 140 valence electrons. The van der Waals surface area contributed by atoms with Crippen LogP contribution in [-0.2, 0) is 4.79 Å². The number of amides is 1. The number of hydrogen-bond donors (Lipinski definition) is 1. The number of amidine groups is 1. The van der Waals surface area contributed by atoms with Gasteiger partial charge < -0.3 is 14.8 Å². The number of benzene rings is 2. The smallest absolute Gasteiger partial charge is 0.264 e. The van der Waals surface area contributed by atoms with Crippen molar-refractivity contribution < 1.29 is 14.3 Å². The van der Waals surface area contributed by atoms with Gasteiger partial charge in [-0.05, 0) is 66.2 Å². The summed E-state index contributed by atoms with van der Waals surface area (Å²) in [5, 5.41) is 3.94. The third kappa shape index (κ3) is 5.05. The van der Waals surface area contributed by atoms with Gasteiger partial charge in [0.15, 0.2) is 16.7 Å². The first-order valence-corrected chi connectivity index (χ1v) is 9.64. The zero-order valence-electron chi connectivity index (χ0n) is 15.0. The van der Waals surface area contributed by atoms with Gasteiger partial charge in [-0.1, -0.05) is 24.6 Å². The van der Waals surface area contributed by atoms with E-state index >= 15 is 0 Å². The summed E-state index contributed by atoms with van der Waals surface area (Å²) < 4.78 is 11.0. The molecule has 27 heavy (non-hydrogen) atoms. The van der Waals surface area contributed by atoms with Crippen LogP contribution >= 0.6 is 23.4 Å². The molecule has 0 aromatic heterocycles. The van der Waals surface area contributed by atoms with Crippen molar-refractivity contribution in [1.82, 2.24) is 5.32 Å². The number of thioether (sulfide) groups is 1. The predicted octanol–water partition coefficient (Wildman–Crippen LogP) is 5.03. The molecular formula is C20H19ClN2O3S. The van der Waals surface area contributed by atoms with Gasteiger partial charge in [0.05, 0.1) is 24.3 Å². The van der Waals surface area contributed by atoms with Crippen LogP contribution in [0.25, 0.3) is 6.08 Å². The Hall–Kier alpha value is -2.44. The summed E-state index contributed by atoms with van der Waals surface area (Å²) in [5.74, 6) is 1.14. The van der Waals surface area contributed by atoms with E-state index in [0.29, 0.717) is 33.2 Å². The molecule has 1 aliphatic rings. The molecular weight excluding hydrogens is 384 g/mol. The van der Waals surface area contributed by atoms with Crippen molar-refractivity contribution in [3.05, 3.63) is 58.0 Å². The van der Waals surface area contributed by atoms with Crippen LogP contribution in [0.4, 0.5) is 5.69 Å². The Bertz CT molecular complexity index is 895. The van der Waals surface area contributed by atoms with E-state index in [2.05, 4.69) is 10.3 Å². The number of rotatable bonds is 6. The van der Waals surface area contributed by atoms with Gasteiger partial charge in [0.1, 0.15) is 0 Å². The largest absolute Gasteiger partial charge is 0.493 e. The van der Waals surface area contributed by atoms with Crippen molar-refractivity contribution in [2.24, 2.45) is 4.99 Å². The summed E-state index contributed by atoms with van der Waals surface area (Å²) in [6.45, 7) is 2.67. The Morgan fingerprint density at radius 3 is 2.67 bits per heavy atom. The van der Waals surface area contributed by atoms with Crippen LogP contribution in [0.2, 0.25) is 5.02 Å². The first kappa shape index (κ1) is 19.3.